The van der Waals surface area contributed by atoms with E-state index in [0.29, 0.717) is 5.92 Å². The Morgan fingerprint density at radius 1 is 1.36 bits per heavy atom. The van der Waals surface area contributed by atoms with Crippen LogP contribution < -0.4 is 5.32 Å². The fraction of sp³-hybridized carbons (Fsp3) is 0.412. The number of carbonyl (C=O) groups excluding carboxylic acids is 2. The number of aromatic nitrogens is 1. The molecule has 1 aliphatic rings. The first-order valence-electron chi connectivity index (χ1n) is 7.63. The van der Waals surface area contributed by atoms with E-state index >= 15 is 0 Å². The Kier molecular flexibility index (Phi) is 4.13. The van der Waals surface area contributed by atoms with E-state index < -0.39 is 0 Å². The summed E-state index contributed by atoms with van der Waals surface area (Å²) in [7, 11) is 0. The number of rotatable bonds is 6. The van der Waals surface area contributed by atoms with Crippen LogP contribution in [0.2, 0.25) is 0 Å². The molecule has 1 amide bonds. The van der Waals surface area contributed by atoms with Crippen LogP contribution in [0.3, 0.4) is 0 Å². The van der Waals surface area contributed by atoms with Crippen molar-refractivity contribution < 1.29 is 14.3 Å². The van der Waals surface area contributed by atoms with Crippen LogP contribution in [0.1, 0.15) is 25.3 Å². The van der Waals surface area contributed by atoms with Crippen LogP contribution in [-0.4, -0.2) is 29.5 Å². The molecule has 1 aromatic carbocycles. The van der Waals surface area contributed by atoms with Crippen molar-refractivity contribution in [1.82, 2.24) is 10.3 Å². The van der Waals surface area contributed by atoms with Gasteiger partial charge < -0.3 is 15.0 Å². The van der Waals surface area contributed by atoms with E-state index in [1.54, 1.807) is 6.20 Å². The summed E-state index contributed by atoms with van der Waals surface area (Å²) in [5.74, 6) is -0.0310. The summed E-state index contributed by atoms with van der Waals surface area (Å²) in [4.78, 5) is 26.7. The first-order valence-corrected chi connectivity index (χ1v) is 7.63. The molecule has 2 aromatic rings. The van der Waals surface area contributed by atoms with Crippen LogP contribution in [0.5, 0.6) is 0 Å². The number of para-hydroxylation sites is 1. The van der Waals surface area contributed by atoms with Gasteiger partial charge in [-0.05, 0) is 37.3 Å². The maximum atomic E-state index is 11.9. The molecule has 5 heteroatoms. The highest BCUT2D eigenvalue weighted by Crippen LogP contribution is 2.32. The molecule has 1 atom stereocenters. The van der Waals surface area contributed by atoms with Gasteiger partial charge in [0, 0.05) is 23.1 Å². The predicted molar refractivity (Wildman–Crippen MR) is 83.3 cm³/mol. The maximum Gasteiger partial charge on any atom is 0.310 e. The lowest BCUT2D eigenvalue weighted by atomic mass is 10.1. The third kappa shape index (κ3) is 3.47. The molecule has 1 aliphatic carbocycles. The first kappa shape index (κ1) is 14.6. The summed E-state index contributed by atoms with van der Waals surface area (Å²) < 4.78 is 5.06. The molecule has 3 rings (SSSR count). The zero-order valence-corrected chi connectivity index (χ0v) is 12.6. The number of H-pyrrole nitrogens is 1. The average molecular weight is 300 g/mol. The molecule has 1 aromatic heterocycles. The Bertz CT molecular complexity index is 688. The SMILES string of the molecule is C[C@@H](NC(=O)COC(=O)Cc1c[nH]c2ccccc12)C1CC1. The Morgan fingerprint density at radius 2 is 2.14 bits per heavy atom. The van der Waals surface area contributed by atoms with Crippen molar-refractivity contribution in [2.45, 2.75) is 32.2 Å². The Hall–Kier alpha value is -2.30. The van der Waals surface area contributed by atoms with Crippen LogP contribution >= 0.6 is 0 Å². The number of aromatic amines is 1. The summed E-state index contributed by atoms with van der Waals surface area (Å²) in [6.07, 6.45) is 4.31. The van der Waals surface area contributed by atoms with Gasteiger partial charge in [-0.25, -0.2) is 0 Å². The summed E-state index contributed by atoms with van der Waals surface area (Å²) >= 11 is 0. The van der Waals surface area contributed by atoms with Gasteiger partial charge in [-0.3, -0.25) is 9.59 Å². The minimum atomic E-state index is -0.390. The smallest absolute Gasteiger partial charge is 0.310 e. The standard InChI is InChI=1S/C17H20N2O3/c1-11(12-6-7-12)19-16(20)10-22-17(21)8-13-9-18-15-5-3-2-4-14(13)15/h2-5,9,11-12,18H,6-8,10H2,1H3,(H,19,20)/t11-/m1/s1. The monoisotopic (exact) mass is 300 g/mol. The molecule has 0 aliphatic heterocycles. The normalized spacial score (nSPS) is 15.5. The van der Waals surface area contributed by atoms with E-state index in [4.69, 9.17) is 4.74 Å². The van der Waals surface area contributed by atoms with Gasteiger partial charge in [-0.15, -0.1) is 0 Å². The molecule has 0 bridgehead atoms. The summed E-state index contributed by atoms with van der Waals surface area (Å²) in [6, 6.07) is 7.94. The number of hydrogen-bond donors (Lipinski definition) is 2. The molecule has 0 spiro atoms. The van der Waals surface area contributed by atoms with Gasteiger partial charge in [-0.2, -0.15) is 0 Å². The van der Waals surface area contributed by atoms with E-state index in [1.165, 1.54) is 12.8 Å². The highest BCUT2D eigenvalue weighted by atomic mass is 16.5. The number of hydrogen-bond acceptors (Lipinski definition) is 3. The minimum Gasteiger partial charge on any atom is -0.455 e. The molecule has 0 unspecified atom stereocenters. The van der Waals surface area contributed by atoms with E-state index in [0.717, 1.165) is 16.5 Å². The van der Waals surface area contributed by atoms with Gasteiger partial charge in [0.15, 0.2) is 6.61 Å². The number of ether oxygens (including phenoxy) is 1. The molecule has 0 radical (unpaired) electrons. The quantitative estimate of drug-likeness (QED) is 0.803. The van der Waals surface area contributed by atoms with Gasteiger partial charge in [-0.1, -0.05) is 18.2 Å². The van der Waals surface area contributed by atoms with E-state index in [-0.39, 0.29) is 30.9 Å². The van der Waals surface area contributed by atoms with Crippen molar-refractivity contribution in [3.05, 3.63) is 36.0 Å². The predicted octanol–water partition coefficient (Wildman–Crippen LogP) is 2.17. The van der Waals surface area contributed by atoms with Crippen molar-refractivity contribution in [1.29, 1.82) is 0 Å². The van der Waals surface area contributed by atoms with Crippen LogP contribution in [0.15, 0.2) is 30.5 Å². The second-order valence-corrected chi connectivity index (χ2v) is 5.89. The van der Waals surface area contributed by atoms with Crippen LogP contribution in [0.25, 0.3) is 10.9 Å². The zero-order chi connectivity index (χ0) is 15.5. The van der Waals surface area contributed by atoms with Gasteiger partial charge in [0.2, 0.25) is 0 Å². The zero-order valence-electron chi connectivity index (χ0n) is 12.6. The number of nitrogens with one attached hydrogen (secondary N) is 2. The Labute approximate surface area is 129 Å². The average Bonchev–Trinajstić information content (AvgIpc) is 3.29. The summed E-state index contributed by atoms with van der Waals surface area (Å²) in [6.45, 7) is 1.78. The first-order chi connectivity index (χ1) is 10.6. The molecule has 116 valence electrons. The lowest BCUT2D eigenvalue weighted by molar-refractivity contribution is -0.148. The van der Waals surface area contributed by atoms with Crippen LogP contribution in [0, 0.1) is 5.92 Å². The molecular formula is C17H20N2O3. The molecule has 1 fully saturated rings. The highest BCUT2D eigenvalue weighted by molar-refractivity contribution is 5.88. The fourth-order valence-corrected chi connectivity index (χ4v) is 2.64. The maximum absolute atomic E-state index is 11.9. The van der Waals surface area contributed by atoms with Crippen molar-refractivity contribution in [2.75, 3.05) is 6.61 Å². The Balaban J connectivity index is 1.49. The second kappa shape index (κ2) is 6.22. The number of carbonyl (C=O) groups is 2. The largest absolute Gasteiger partial charge is 0.455 e. The van der Waals surface area contributed by atoms with Gasteiger partial charge in [0.05, 0.1) is 6.42 Å². The molecule has 5 nitrogen and oxygen atoms in total. The molecule has 2 N–H and O–H groups in total. The fourth-order valence-electron chi connectivity index (χ4n) is 2.64. The number of esters is 1. The van der Waals surface area contributed by atoms with E-state index in [1.807, 2.05) is 31.2 Å². The number of amides is 1. The van der Waals surface area contributed by atoms with Crippen molar-refractivity contribution >= 4 is 22.8 Å². The third-order valence-electron chi connectivity index (χ3n) is 4.09. The van der Waals surface area contributed by atoms with Crippen LogP contribution in [0.4, 0.5) is 0 Å². The van der Waals surface area contributed by atoms with Gasteiger partial charge in [0.25, 0.3) is 5.91 Å². The summed E-state index contributed by atoms with van der Waals surface area (Å²) in [5.41, 5.74) is 1.87. The number of benzene rings is 1. The summed E-state index contributed by atoms with van der Waals surface area (Å²) in [5, 5.41) is 3.87. The van der Waals surface area contributed by atoms with Crippen LogP contribution in [-0.2, 0) is 20.7 Å². The number of fused-ring (bicyclic) bond motifs is 1. The molecular weight excluding hydrogens is 280 g/mol. The second-order valence-electron chi connectivity index (χ2n) is 5.89. The lowest BCUT2D eigenvalue weighted by Crippen LogP contribution is -2.37. The third-order valence-corrected chi connectivity index (χ3v) is 4.09. The van der Waals surface area contributed by atoms with Crippen molar-refractivity contribution in [3.8, 4) is 0 Å². The molecule has 22 heavy (non-hydrogen) atoms. The Morgan fingerprint density at radius 3 is 2.91 bits per heavy atom. The van der Waals surface area contributed by atoms with Crippen molar-refractivity contribution in [2.24, 2.45) is 5.92 Å². The highest BCUT2D eigenvalue weighted by Gasteiger charge is 2.28. The molecule has 1 heterocycles. The van der Waals surface area contributed by atoms with Gasteiger partial charge in [0.1, 0.15) is 0 Å². The minimum absolute atomic E-state index is 0.162. The van der Waals surface area contributed by atoms with E-state index in [9.17, 15) is 9.59 Å². The molecule has 1 saturated carbocycles. The topological polar surface area (TPSA) is 71.2 Å². The molecule has 0 saturated heterocycles. The van der Waals surface area contributed by atoms with Crippen molar-refractivity contribution in [3.63, 3.8) is 0 Å². The van der Waals surface area contributed by atoms with E-state index in [2.05, 4.69) is 10.3 Å². The van der Waals surface area contributed by atoms with Gasteiger partial charge >= 0.3 is 5.97 Å². The lowest BCUT2D eigenvalue weighted by Gasteiger charge is -2.12.